The lowest BCUT2D eigenvalue weighted by atomic mass is 10.1. The molecule has 0 unspecified atom stereocenters. The fourth-order valence-corrected chi connectivity index (χ4v) is 4.74. The number of hydrogen-bond acceptors (Lipinski definition) is 7. The summed E-state index contributed by atoms with van der Waals surface area (Å²) < 4.78 is 1.94. The number of carbonyl (C=O) groups is 3. The molecule has 3 amide bonds. The summed E-state index contributed by atoms with van der Waals surface area (Å²) in [7, 11) is 0. The zero-order valence-corrected chi connectivity index (χ0v) is 22.2. The number of hydrogen-bond donors (Lipinski definition) is 3. The summed E-state index contributed by atoms with van der Waals surface area (Å²) in [6, 6.07) is 14.9. The molecule has 0 spiro atoms. The van der Waals surface area contributed by atoms with Gasteiger partial charge >= 0.3 is 0 Å². The van der Waals surface area contributed by atoms with Gasteiger partial charge in [-0.05, 0) is 55.7 Å². The zero-order valence-electron chi connectivity index (χ0n) is 22.2. The van der Waals surface area contributed by atoms with Gasteiger partial charge in [0.1, 0.15) is 0 Å². The predicted octanol–water partition coefficient (Wildman–Crippen LogP) is 3.71. The SMILES string of the molecule is CC(=O)Nc1ccc(Nc2nc(-c3ccc(C(=O)NC4CC4)cc3)nc3c2ncn3CCN2CCCC2=O)cc1. The molecule has 2 aliphatic rings. The van der Waals surface area contributed by atoms with Gasteiger partial charge in [-0.1, -0.05) is 12.1 Å². The van der Waals surface area contributed by atoms with Crippen LogP contribution in [-0.4, -0.2) is 61.3 Å². The molecule has 0 atom stereocenters. The van der Waals surface area contributed by atoms with Gasteiger partial charge in [0.15, 0.2) is 22.8 Å². The molecule has 2 aromatic carbocycles. The molecule has 204 valence electrons. The minimum atomic E-state index is -0.139. The van der Waals surface area contributed by atoms with Crippen LogP contribution in [0.3, 0.4) is 0 Å². The van der Waals surface area contributed by atoms with Crippen molar-refractivity contribution in [1.29, 1.82) is 0 Å². The van der Waals surface area contributed by atoms with E-state index in [0.29, 0.717) is 53.6 Å². The normalized spacial score (nSPS) is 14.9. The highest BCUT2D eigenvalue weighted by Gasteiger charge is 2.24. The molecule has 1 saturated carbocycles. The van der Waals surface area contributed by atoms with Crippen molar-refractivity contribution in [3.05, 3.63) is 60.4 Å². The molecule has 0 radical (unpaired) electrons. The molecular weight excluding hydrogens is 508 g/mol. The average molecular weight is 539 g/mol. The van der Waals surface area contributed by atoms with Crippen LogP contribution < -0.4 is 16.0 Å². The Kier molecular flexibility index (Phi) is 6.85. The predicted molar refractivity (Wildman–Crippen MR) is 151 cm³/mol. The van der Waals surface area contributed by atoms with E-state index in [9.17, 15) is 14.4 Å². The van der Waals surface area contributed by atoms with Crippen molar-refractivity contribution >= 4 is 46.1 Å². The maximum Gasteiger partial charge on any atom is 0.251 e. The Hall–Kier alpha value is -4.80. The van der Waals surface area contributed by atoms with Crippen molar-refractivity contribution in [3.63, 3.8) is 0 Å². The first-order chi connectivity index (χ1) is 19.4. The quantitative estimate of drug-likeness (QED) is 0.296. The average Bonchev–Trinajstić information content (AvgIpc) is 3.52. The highest BCUT2D eigenvalue weighted by atomic mass is 16.2. The number of amides is 3. The van der Waals surface area contributed by atoms with E-state index in [1.54, 1.807) is 30.6 Å². The highest BCUT2D eigenvalue weighted by Crippen LogP contribution is 2.28. The Morgan fingerprint density at radius 1 is 0.975 bits per heavy atom. The van der Waals surface area contributed by atoms with E-state index in [2.05, 4.69) is 20.9 Å². The molecule has 2 aromatic heterocycles. The van der Waals surface area contributed by atoms with Crippen LogP contribution in [0.25, 0.3) is 22.6 Å². The summed E-state index contributed by atoms with van der Waals surface area (Å²) in [5, 5.41) is 9.11. The summed E-state index contributed by atoms with van der Waals surface area (Å²) in [5.41, 5.74) is 4.06. The van der Waals surface area contributed by atoms with Crippen LogP contribution in [0.15, 0.2) is 54.9 Å². The van der Waals surface area contributed by atoms with Crippen LogP contribution in [0.4, 0.5) is 17.2 Å². The van der Waals surface area contributed by atoms with Crippen LogP contribution in [0.5, 0.6) is 0 Å². The van der Waals surface area contributed by atoms with Crippen molar-refractivity contribution in [2.75, 3.05) is 23.7 Å². The summed E-state index contributed by atoms with van der Waals surface area (Å²) in [4.78, 5) is 52.1. The van der Waals surface area contributed by atoms with E-state index >= 15 is 0 Å². The molecular formula is C29H30N8O3. The fraction of sp³-hybridized carbons (Fsp3) is 0.310. The van der Waals surface area contributed by atoms with Crippen molar-refractivity contribution in [2.24, 2.45) is 0 Å². The number of benzene rings is 2. The molecule has 4 aromatic rings. The number of nitrogens with one attached hydrogen (secondary N) is 3. The molecule has 2 fully saturated rings. The first-order valence-corrected chi connectivity index (χ1v) is 13.5. The number of carbonyl (C=O) groups excluding carboxylic acids is 3. The lowest BCUT2D eigenvalue weighted by molar-refractivity contribution is -0.127. The maximum absolute atomic E-state index is 12.5. The second kappa shape index (κ2) is 10.8. The summed E-state index contributed by atoms with van der Waals surface area (Å²) in [5.74, 6) is 0.970. The largest absolute Gasteiger partial charge is 0.349 e. The van der Waals surface area contributed by atoms with Crippen LogP contribution in [0, 0.1) is 0 Å². The van der Waals surface area contributed by atoms with Gasteiger partial charge in [0.25, 0.3) is 5.91 Å². The number of fused-ring (bicyclic) bond motifs is 1. The molecule has 11 nitrogen and oxygen atoms in total. The minimum Gasteiger partial charge on any atom is -0.349 e. The van der Waals surface area contributed by atoms with Gasteiger partial charge in [0, 0.05) is 61.5 Å². The Morgan fingerprint density at radius 2 is 1.73 bits per heavy atom. The number of imidazole rings is 1. The third kappa shape index (κ3) is 5.63. The topological polar surface area (TPSA) is 134 Å². The lowest BCUT2D eigenvalue weighted by Crippen LogP contribution is -2.28. The van der Waals surface area contributed by atoms with Crippen molar-refractivity contribution < 1.29 is 14.4 Å². The summed E-state index contributed by atoms with van der Waals surface area (Å²) in [6.45, 7) is 3.38. The van der Waals surface area contributed by atoms with Gasteiger partial charge in [-0.2, -0.15) is 0 Å². The molecule has 1 aliphatic heterocycles. The van der Waals surface area contributed by atoms with Crippen molar-refractivity contribution in [3.8, 4) is 11.4 Å². The first-order valence-electron chi connectivity index (χ1n) is 13.5. The minimum absolute atomic E-state index is 0.0787. The smallest absolute Gasteiger partial charge is 0.251 e. The molecule has 11 heteroatoms. The number of rotatable bonds is 9. The van der Waals surface area contributed by atoms with E-state index in [4.69, 9.17) is 9.97 Å². The van der Waals surface area contributed by atoms with Gasteiger partial charge in [-0.25, -0.2) is 15.0 Å². The maximum atomic E-state index is 12.5. The van der Waals surface area contributed by atoms with Gasteiger partial charge < -0.3 is 25.4 Å². The first kappa shape index (κ1) is 25.5. The number of nitrogens with zero attached hydrogens (tertiary/aromatic N) is 5. The molecule has 0 bridgehead atoms. The van der Waals surface area contributed by atoms with E-state index in [0.717, 1.165) is 37.1 Å². The Balaban J connectivity index is 1.32. The van der Waals surface area contributed by atoms with Gasteiger partial charge in [0.05, 0.1) is 6.33 Å². The molecule has 40 heavy (non-hydrogen) atoms. The van der Waals surface area contributed by atoms with E-state index in [1.807, 2.05) is 33.7 Å². The number of likely N-dealkylation sites (tertiary alicyclic amines) is 1. The Morgan fingerprint density at radius 3 is 2.40 bits per heavy atom. The monoisotopic (exact) mass is 538 g/mol. The van der Waals surface area contributed by atoms with Crippen LogP contribution >= 0.6 is 0 Å². The van der Waals surface area contributed by atoms with Gasteiger partial charge in [-0.3, -0.25) is 14.4 Å². The van der Waals surface area contributed by atoms with E-state index < -0.39 is 0 Å². The van der Waals surface area contributed by atoms with Crippen LogP contribution in [0.1, 0.15) is 43.0 Å². The van der Waals surface area contributed by atoms with Crippen molar-refractivity contribution in [2.45, 2.75) is 45.2 Å². The second-order valence-corrected chi connectivity index (χ2v) is 10.2. The number of aromatic nitrogens is 4. The van der Waals surface area contributed by atoms with E-state index in [1.165, 1.54) is 6.92 Å². The second-order valence-electron chi connectivity index (χ2n) is 10.2. The Labute approximate surface area is 231 Å². The molecule has 3 heterocycles. The molecule has 3 N–H and O–H groups in total. The fourth-order valence-electron chi connectivity index (χ4n) is 4.74. The third-order valence-electron chi connectivity index (χ3n) is 7.03. The van der Waals surface area contributed by atoms with Gasteiger partial charge in [0.2, 0.25) is 11.8 Å². The molecule has 6 rings (SSSR count). The van der Waals surface area contributed by atoms with E-state index in [-0.39, 0.29) is 23.8 Å². The summed E-state index contributed by atoms with van der Waals surface area (Å²) >= 11 is 0. The molecule has 1 aliphatic carbocycles. The van der Waals surface area contributed by atoms with Crippen molar-refractivity contribution in [1.82, 2.24) is 29.7 Å². The Bertz CT molecular complexity index is 1580. The standard InChI is InChI=1S/C29H30N8O3/c1-18(38)31-21-8-10-22(11-9-21)32-27-25-28(37(17-30-25)16-15-36-14-2-3-24(36)39)35-26(34-27)19-4-6-20(7-5-19)29(40)33-23-12-13-23/h4-11,17,23H,2-3,12-16H2,1H3,(H,31,38)(H,33,40)(H,32,34,35). The molecule has 1 saturated heterocycles. The summed E-state index contributed by atoms with van der Waals surface area (Å²) in [6.07, 6.45) is 5.27. The number of anilines is 3. The van der Waals surface area contributed by atoms with Crippen LogP contribution in [-0.2, 0) is 16.1 Å². The zero-order chi connectivity index (χ0) is 27.6. The highest BCUT2D eigenvalue weighted by molar-refractivity contribution is 5.95. The lowest BCUT2D eigenvalue weighted by Gasteiger charge is -2.16. The van der Waals surface area contributed by atoms with Gasteiger partial charge in [-0.15, -0.1) is 0 Å². The van der Waals surface area contributed by atoms with Crippen LogP contribution in [0.2, 0.25) is 0 Å². The third-order valence-corrected chi connectivity index (χ3v) is 7.03.